The lowest BCUT2D eigenvalue weighted by Crippen LogP contribution is -2.33. The van der Waals surface area contributed by atoms with Crippen molar-refractivity contribution in [3.05, 3.63) is 0 Å². The van der Waals surface area contributed by atoms with Gasteiger partial charge in [-0.05, 0) is 19.3 Å². The third-order valence-electron chi connectivity index (χ3n) is 2.29. The number of unbranched alkanes of at least 4 members (excludes halogenated alkanes) is 2. The fourth-order valence-corrected chi connectivity index (χ4v) is 3.15. The third kappa shape index (κ3) is 6.38. The minimum absolute atomic E-state index is 0.233. The molecular weight excluding hydrogens is 234 g/mol. The van der Waals surface area contributed by atoms with Crippen LogP contribution in [-0.2, 0) is 10.0 Å². The van der Waals surface area contributed by atoms with Gasteiger partial charge in [-0.2, -0.15) is 0 Å². The molecule has 0 fully saturated rings. The summed E-state index contributed by atoms with van der Waals surface area (Å²) in [6.07, 6.45) is 3.39. The highest BCUT2D eigenvalue weighted by Crippen LogP contribution is 2.07. The molecule has 0 saturated carbocycles. The van der Waals surface area contributed by atoms with Crippen LogP contribution in [0.4, 0.5) is 0 Å². The van der Waals surface area contributed by atoms with E-state index < -0.39 is 10.0 Å². The Morgan fingerprint density at radius 1 is 1.13 bits per heavy atom. The monoisotopic (exact) mass is 255 g/mol. The molecule has 0 bridgehead atoms. The van der Waals surface area contributed by atoms with Crippen LogP contribution in [0.1, 0.15) is 39.5 Å². The van der Waals surface area contributed by atoms with Crippen molar-refractivity contribution in [3.63, 3.8) is 0 Å². The second kappa shape index (κ2) is 8.36. The van der Waals surface area contributed by atoms with Crippen LogP contribution in [0.2, 0.25) is 0 Å². The van der Waals surface area contributed by atoms with Crippen molar-refractivity contribution in [2.45, 2.75) is 39.5 Å². The van der Waals surface area contributed by atoms with Crippen LogP contribution in [-0.4, -0.2) is 37.4 Å². The Hall–Kier alpha value is 0.200. The minimum atomic E-state index is -3.04. The fourth-order valence-electron chi connectivity index (χ4n) is 1.34. The molecule has 0 aromatic carbocycles. The Morgan fingerprint density at radius 3 is 2.27 bits per heavy atom. The molecule has 0 heterocycles. The molecule has 0 unspecified atom stereocenters. The zero-order valence-electron chi connectivity index (χ0n) is 9.71. The lowest BCUT2D eigenvalue weighted by Gasteiger charge is -2.19. The fraction of sp³-hybridized carbons (Fsp3) is 1.00. The van der Waals surface area contributed by atoms with Crippen molar-refractivity contribution in [1.29, 1.82) is 0 Å². The first kappa shape index (κ1) is 15.2. The van der Waals surface area contributed by atoms with Gasteiger partial charge in [0.15, 0.2) is 0 Å². The summed E-state index contributed by atoms with van der Waals surface area (Å²) in [5.41, 5.74) is 0. The SMILES string of the molecule is CCCCN(CC)S(=O)(=O)CCCCCl. The molecule has 0 aromatic rings. The summed E-state index contributed by atoms with van der Waals surface area (Å²) in [5.74, 6) is 0.772. The van der Waals surface area contributed by atoms with Gasteiger partial charge >= 0.3 is 0 Å². The molecule has 0 aliphatic rings. The molecule has 0 aliphatic carbocycles. The average Bonchev–Trinajstić information content (AvgIpc) is 2.19. The topological polar surface area (TPSA) is 37.4 Å². The summed E-state index contributed by atoms with van der Waals surface area (Å²) >= 11 is 5.52. The van der Waals surface area contributed by atoms with Crippen LogP contribution < -0.4 is 0 Å². The Balaban J connectivity index is 4.13. The van der Waals surface area contributed by atoms with Crippen LogP contribution in [0, 0.1) is 0 Å². The molecule has 92 valence electrons. The molecule has 0 atom stereocenters. The van der Waals surface area contributed by atoms with E-state index in [1.54, 1.807) is 4.31 Å². The lowest BCUT2D eigenvalue weighted by molar-refractivity contribution is 0.418. The number of halogens is 1. The molecule has 3 nitrogen and oxygen atoms in total. The van der Waals surface area contributed by atoms with Crippen molar-refractivity contribution in [2.75, 3.05) is 24.7 Å². The van der Waals surface area contributed by atoms with Gasteiger partial charge in [-0.25, -0.2) is 12.7 Å². The van der Waals surface area contributed by atoms with E-state index in [-0.39, 0.29) is 5.75 Å². The molecule has 0 amide bonds. The van der Waals surface area contributed by atoms with Crippen LogP contribution in [0.5, 0.6) is 0 Å². The summed E-state index contributed by atoms with van der Waals surface area (Å²) in [4.78, 5) is 0. The molecule has 5 heteroatoms. The van der Waals surface area contributed by atoms with Crippen molar-refractivity contribution in [2.24, 2.45) is 0 Å². The van der Waals surface area contributed by atoms with Gasteiger partial charge in [-0.15, -0.1) is 11.6 Å². The Kier molecular flexibility index (Phi) is 8.47. The van der Waals surface area contributed by atoms with Gasteiger partial charge in [0.2, 0.25) is 10.0 Å². The number of hydrogen-bond acceptors (Lipinski definition) is 2. The number of rotatable bonds is 9. The highest BCUT2D eigenvalue weighted by molar-refractivity contribution is 7.89. The first-order valence-corrected chi connectivity index (χ1v) is 7.76. The second-order valence-electron chi connectivity index (χ2n) is 3.56. The molecule has 15 heavy (non-hydrogen) atoms. The van der Waals surface area contributed by atoms with E-state index in [1.807, 2.05) is 6.92 Å². The summed E-state index contributed by atoms with van der Waals surface area (Å²) in [5, 5.41) is 0. The van der Waals surface area contributed by atoms with Crippen LogP contribution >= 0.6 is 11.6 Å². The maximum Gasteiger partial charge on any atom is 0.214 e. The van der Waals surface area contributed by atoms with Crippen molar-refractivity contribution < 1.29 is 8.42 Å². The molecule has 0 spiro atoms. The van der Waals surface area contributed by atoms with E-state index in [0.717, 1.165) is 19.3 Å². The van der Waals surface area contributed by atoms with Gasteiger partial charge in [-0.1, -0.05) is 20.3 Å². The van der Waals surface area contributed by atoms with Gasteiger partial charge in [0, 0.05) is 19.0 Å². The quantitative estimate of drug-likeness (QED) is 0.469. The highest BCUT2D eigenvalue weighted by Gasteiger charge is 2.18. The number of alkyl halides is 1. The van der Waals surface area contributed by atoms with Crippen molar-refractivity contribution in [3.8, 4) is 0 Å². The van der Waals surface area contributed by atoms with Crippen molar-refractivity contribution >= 4 is 21.6 Å². The smallest absolute Gasteiger partial charge is 0.212 e. The van der Waals surface area contributed by atoms with Gasteiger partial charge in [0.05, 0.1) is 5.75 Å². The highest BCUT2D eigenvalue weighted by atomic mass is 35.5. The second-order valence-corrected chi connectivity index (χ2v) is 6.02. The van der Waals surface area contributed by atoms with E-state index >= 15 is 0 Å². The van der Waals surface area contributed by atoms with Crippen molar-refractivity contribution in [1.82, 2.24) is 4.31 Å². The van der Waals surface area contributed by atoms with Crippen LogP contribution in [0.25, 0.3) is 0 Å². The third-order valence-corrected chi connectivity index (χ3v) is 4.59. The maximum atomic E-state index is 11.8. The molecule has 0 radical (unpaired) electrons. The Morgan fingerprint density at radius 2 is 1.80 bits per heavy atom. The lowest BCUT2D eigenvalue weighted by atomic mass is 10.3. The normalized spacial score (nSPS) is 12.3. The van der Waals surface area contributed by atoms with E-state index in [1.165, 1.54) is 0 Å². The summed E-state index contributed by atoms with van der Waals surface area (Å²) in [7, 11) is -3.04. The van der Waals surface area contributed by atoms with Crippen LogP contribution in [0.15, 0.2) is 0 Å². The first-order chi connectivity index (χ1) is 7.08. The molecular formula is C10H22ClNO2S. The Bertz CT molecular complexity index is 242. The number of nitrogens with zero attached hydrogens (tertiary/aromatic N) is 1. The van der Waals surface area contributed by atoms with Gasteiger partial charge in [-0.3, -0.25) is 0 Å². The number of hydrogen-bond donors (Lipinski definition) is 0. The predicted molar refractivity (Wildman–Crippen MR) is 65.9 cm³/mol. The maximum absolute atomic E-state index is 11.8. The first-order valence-electron chi connectivity index (χ1n) is 5.62. The van der Waals surface area contributed by atoms with Crippen LogP contribution in [0.3, 0.4) is 0 Å². The molecule has 0 aromatic heterocycles. The minimum Gasteiger partial charge on any atom is -0.212 e. The largest absolute Gasteiger partial charge is 0.214 e. The van der Waals surface area contributed by atoms with E-state index in [4.69, 9.17) is 11.6 Å². The standard InChI is InChI=1S/C10H22ClNO2S/c1-3-5-9-12(4-2)15(13,14)10-7-6-8-11/h3-10H2,1-2H3. The zero-order chi connectivity index (χ0) is 11.7. The Labute approximate surface area is 98.8 Å². The molecule has 0 aliphatic heterocycles. The summed E-state index contributed by atoms with van der Waals surface area (Å²) in [6.45, 7) is 5.17. The zero-order valence-corrected chi connectivity index (χ0v) is 11.3. The molecule has 0 saturated heterocycles. The predicted octanol–water partition coefficient (Wildman–Crippen LogP) is 2.46. The van der Waals surface area contributed by atoms with Gasteiger partial charge < -0.3 is 0 Å². The molecule has 0 rings (SSSR count). The summed E-state index contributed by atoms with van der Waals surface area (Å²) in [6, 6.07) is 0. The van der Waals surface area contributed by atoms with E-state index in [9.17, 15) is 8.42 Å². The van der Waals surface area contributed by atoms with Gasteiger partial charge in [0.25, 0.3) is 0 Å². The van der Waals surface area contributed by atoms with E-state index in [2.05, 4.69) is 6.92 Å². The van der Waals surface area contributed by atoms with Gasteiger partial charge in [0.1, 0.15) is 0 Å². The summed E-state index contributed by atoms with van der Waals surface area (Å²) < 4.78 is 25.2. The van der Waals surface area contributed by atoms with E-state index in [0.29, 0.717) is 25.4 Å². The molecule has 0 N–H and O–H groups in total. The average molecular weight is 256 g/mol. The number of sulfonamides is 1.